The Morgan fingerprint density at radius 1 is 1.19 bits per heavy atom. The van der Waals surface area contributed by atoms with Gasteiger partial charge in [0.1, 0.15) is 11.6 Å². The maximum Gasteiger partial charge on any atom is 0.147 e. The molecular formula is C21H19FN4. The van der Waals surface area contributed by atoms with Crippen LogP contribution in [0.5, 0.6) is 0 Å². The number of nitriles is 1. The monoisotopic (exact) mass is 346 g/mol. The molecule has 3 aromatic rings. The van der Waals surface area contributed by atoms with Gasteiger partial charge < -0.3 is 9.88 Å². The van der Waals surface area contributed by atoms with Crippen LogP contribution in [-0.2, 0) is 0 Å². The van der Waals surface area contributed by atoms with Gasteiger partial charge in [0.15, 0.2) is 0 Å². The molecular weight excluding hydrogens is 327 g/mol. The number of hydrogen-bond donors (Lipinski definition) is 1. The van der Waals surface area contributed by atoms with Crippen molar-refractivity contribution in [1.82, 2.24) is 9.97 Å². The average molecular weight is 346 g/mol. The largest absolute Gasteiger partial charge is 0.368 e. The van der Waals surface area contributed by atoms with E-state index in [2.05, 4.69) is 27.0 Å². The zero-order valence-corrected chi connectivity index (χ0v) is 14.3. The smallest absolute Gasteiger partial charge is 0.147 e. The minimum atomic E-state index is -0.339. The van der Waals surface area contributed by atoms with Crippen LogP contribution in [0.1, 0.15) is 30.1 Å². The van der Waals surface area contributed by atoms with Crippen LogP contribution in [-0.4, -0.2) is 23.1 Å². The molecule has 0 aliphatic carbocycles. The van der Waals surface area contributed by atoms with E-state index in [4.69, 9.17) is 5.26 Å². The summed E-state index contributed by atoms with van der Waals surface area (Å²) in [6.45, 7) is 1.52. The Kier molecular flexibility index (Phi) is 4.40. The van der Waals surface area contributed by atoms with Crippen LogP contribution in [0.25, 0.3) is 11.3 Å². The average Bonchev–Trinajstić information content (AvgIpc) is 3.19. The van der Waals surface area contributed by atoms with E-state index in [1.54, 1.807) is 12.1 Å². The number of rotatable bonds is 3. The van der Waals surface area contributed by atoms with Gasteiger partial charge in [0.05, 0.1) is 29.2 Å². The Morgan fingerprint density at radius 3 is 2.81 bits per heavy atom. The Hall–Kier alpha value is -3.13. The van der Waals surface area contributed by atoms with Crippen molar-refractivity contribution in [2.45, 2.75) is 18.8 Å². The van der Waals surface area contributed by atoms with Gasteiger partial charge in [-0.1, -0.05) is 30.3 Å². The lowest BCUT2D eigenvalue weighted by molar-refractivity contribution is 0.487. The highest BCUT2D eigenvalue weighted by Crippen LogP contribution is 2.31. The van der Waals surface area contributed by atoms with E-state index < -0.39 is 0 Å². The first kappa shape index (κ1) is 16.3. The third-order valence-corrected chi connectivity index (χ3v) is 4.91. The molecule has 0 spiro atoms. The van der Waals surface area contributed by atoms with Crippen molar-refractivity contribution in [3.05, 3.63) is 71.9 Å². The fourth-order valence-corrected chi connectivity index (χ4v) is 3.56. The molecule has 0 bridgehead atoms. The first-order chi connectivity index (χ1) is 12.7. The molecule has 1 aliphatic rings. The van der Waals surface area contributed by atoms with Crippen LogP contribution in [0.3, 0.4) is 0 Å². The lowest BCUT2D eigenvalue weighted by atomic mass is 9.96. The lowest BCUT2D eigenvalue weighted by Gasteiger charge is -2.33. The third kappa shape index (κ3) is 3.18. The Labute approximate surface area is 151 Å². The van der Waals surface area contributed by atoms with E-state index >= 15 is 0 Å². The van der Waals surface area contributed by atoms with E-state index in [-0.39, 0.29) is 11.7 Å². The van der Waals surface area contributed by atoms with Gasteiger partial charge in [-0.05, 0) is 36.6 Å². The van der Waals surface area contributed by atoms with Crippen LogP contribution in [0.2, 0.25) is 0 Å². The van der Waals surface area contributed by atoms with Crippen molar-refractivity contribution >= 4 is 5.69 Å². The molecule has 26 heavy (non-hydrogen) atoms. The second kappa shape index (κ2) is 7.01. The Balaban J connectivity index is 1.54. The standard InChI is InChI=1S/C21H19FN4/c22-18-11-15(12-23)8-9-20(18)26-10-4-7-17(14-26)21-24-13-19(25-21)16-5-2-1-3-6-16/h1-3,5-6,8-9,11,13,17H,4,7,10,14H2,(H,24,25). The molecule has 2 heterocycles. The van der Waals surface area contributed by atoms with Crippen molar-refractivity contribution in [3.8, 4) is 17.3 Å². The fraction of sp³-hybridized carbons (Fsp3) is 0.238. The maximum absolute atomic E-state index is 14.4. The van der Waals surface area contributed by atoms with Crippen molar-refractivity contribution in [2.24, 2.45) is 0 Å². The molecule has 0 radical (unpaired) electrons. The van der Waals surface area contributed by atoms with E-state index in [1.807, 2.05) is 30.5 Å². The molecule has 1 aliphatic heterocycles. The van der Waals surface area contributed by atoms with Gasteiger partial charge in [0.25, 0.3) is 0 Å². The predicted molar refractivity (Wildman–Crippen MR) is 99.3 cm³/mol. The lowest BCUT2D eigenvalue weighted by Crippen LogP contribution is -2.35. The summed E-state index contributed by atoms with van der Waals surface area (Å²) in [6, 6.07) is 16.8. The molecule has 1 atom stereocenters. The summed E-state index contributed by atoms with van der Waals surface area (Å²) in [5.74, 6) is 0.841. The minimum Gasteiger partial charge on any atom is -0.368 e. The number of benzene rings is 2. The Bertz CT molecular complexity index is 942. The number of H-pyrrole nitrogens is 1. The van der Waals surface area contributed by atoms with Crippen LogP contribution in [0.4, 0.5) is 10.1 Å². The summed E-state index contributed by atoms with van der Waals surface area (Å²) in [5.41, 5.74) is 3.02. The summed E-state index contributed by atoms with van der Waals surface area (Å²) < 4.78 is 14.4. The zero-order chi connectivity index (χ0) is 17.9. The summed E-state index contributed by atoms with van der Waals surface area (Å²) in [4.78, 5) is 10.1. The zero-order valence-electron chi connectivity index (χ0n) is 14.3. The van der Waals surface area contributed by atoms with Gasteiger partial charge in [-0.15, -0.1) is 0 Å². The SMILES string of the molecule is N#Cc1ccc(N2CCCC(c3ncc(-c4ccccc4)[nH]3)C2)c(F)c1. The number of halogens is 1. The summed E-state index contributed by atoms with van der Waals surface area (Å²) in [5, 5.41) is 8.91. The molecule has 1 aromatic heterocycles. The number of nitrogens with one attached hydrogen (secondary N) is 1. The molecule has 1 N–H and O–H groups in total. The number of piperidine rings is 1. The van der Waals surface area contributed by atoms with E-state index in [9.17, 15) is 4.39 Å². The molecule has 2 aromatic carbocycles. The number of aromatic amines is 1. The normalized spacial score (nSPS) is 17.1. The molecule has 0 amide bonds. The van der Waals surface area contributed by atoms with Gasteiger partial charge in [-0.3, -0.25) is 0 Å². The molecule has 4 nitrogen and oxygen atoms in total. The summed E-state index contributed by atoms with van der Waals surface area (Å²) in [6.07, 6.45) is 3.87. The number of aromatic nitrogens is 2. The van der Waals surface area contributed by atoms with Crippen LogP contribution >= 0.6 is 0 Å². The van der Waals surface area contributed by atoms with E-state index in [0.717, 1.165) is 36.5 Å². The van der Waals surface area contributed by atoms with Crippen molar-refractivity contribution < 1.29 is 4.39 Å². The predicted octanol–water partition coefficient (Wildman–Crippen LogP) is 4.47. The fourth-order valence-electron chi connectivity index (χ4n) is 3.56. The van der Waals surface area contributed by atoms with Gasteiger partial charge in [-0.2, -0.15) is 5.26 Å². The number of nitrogens with zero attached hydrogens (tertiary/aromatic N) is 3. The van der Waals surface area contributed by atoms with Gasteiger partial charge in [0, 0.05) is 19.0 Å². The highest BCUT2D eigenvalue weighted by atomic mass is 19.1. The minimum absolute atomic E-state index is 0.233. The highest BCUT2D eigenvalue weighted by Gasteiger charge is 2.25. The van der Waals surface area contributed by atoms with Crippen LogP contribution < -0.4 is 4.90 Å². The molecule has 4 rings (SSSR count). The highest BCUT2D eigenvalue weighted by molar-refractivity contribution is 5.58. The van der Waals surface area contributed by atoms with Gasteiger partial charge in [0.2, 0.25) is 0 Å². The molecule has 130 valence electrons. The van der Waals surface area contributed by atoms with E-state index in [1.165, 1.54) is 6.07 Å². The summed E-state index contributed by atoms with van der Waals surface area (Å²) >= 11 is 0. The molecule has 0 saturated carbocycles. The Morgan fingerprint density at radius 2 is 2.04 bits per heavy atom. The number of anilines is 1. The van der Waals surface area contributed by atoms with Gasteiger partial charge in [-0.25, -0.2) is 9.37 Å². The molecule has 5 heteroatoms. The molecule has 1 fully saturated rings. The second-order valence-electron chi connectivity index (χ2n) is 6.61. The van der Waals surface area contributed by atoms with Crippen molar-refractivity contribution in [2.75, 3.05) is 18.0 Å². The summed E-state index contributed by atoms with van der Waals surface area (Å²) in [7, 11) is 0. The topological polar surface area (TPSA) is 55.7 Å². The van der Waals surface area contributed by atoms with Crippen LogP contribution in [0.15, 0.2) is 54.7 Å². The van der Waals surface area contributed by atoms with Gasteiger partial charge >= 0.3 is 0 Å². The quantitative estimate of drug-likeness (QED) is 0.761. The first-order valence-corrected chi connectivity index (χ1v) is 8.79. The number of imidazole rings is 1. The van der Waals surface area contributed by atoms with Crippen LogP contribution in [0, 0.1) is 17.1 Å². The van der Waals surface area contributed by atoms with Crippen molar-refractivity contribution in [1.29, 1.82) is 5.26 Å². The maximum atomic E-state index is 14.4. The number of hydrogen-bond acceptors (Lipinski definition) is 3. The van der Waals surface area contributed by atoms with E-state index in [0.29, 0.717) is 17.8 Å². The molecule has 1 unspecified atom stereocenters. The van der Waals surface area contributed by atoms with Crippen molar-refractivity contribution in [3.63, 3.8) is 0 Å². The molecule has 1 saturated heterocycles. The first-order valence-electron chi connectivity index (χ1n) is 8.79. The second-order valence-corrected chi connectivity index (χ2v) is 6.61. The third-order valence-electron chi connectivity index (χ3n) is 4.91.